The Morgan fingerprint density at radius 2 is 2.07 bits per heavy atom. The summed E-state index contributed by atoms with van der Waals surface area (Å²) in [6, 6.07) is 12.4. The second-order valence-corrected chi connectivity index (χ2v) is 8.41. The third-order valence-electron chi connectivity index (χ3n) is 5.27. The first-order valence-corrected chi connectivity index (χ1v) is 10.3. The summed E-state index contributed by atoms with van der Waals surface area (Å²) in [6.45, 7) is 2.11. The summed E-state index contributed by atoms with van der Waals surface area (Å²) in [5.74, 6) is 0.145. The minimum absolute atomic E-state index is 0.182. The molecule has 30 heavy (non-hydrogen) atoms. The number of rotatable bonds is 3. The fourth-order valence-electron chi connectivity index (χ4n) is 3.94. The summed E-state index contributed by atoms with van der Waals surface area (Å²) in [5, 5.41) is 6.23. The van der Waals surface area contributed by atoms with E-state index in [-0.39, 0.29) is 11.8 Å². The van der Waals surface area contributed by atoms with Crippen LogP contribution in [0.3, 0.4) is 0 Å². The first-order valence-electron chi connectivity index (χ1n) is 9.46. The number of thioether (sulfide) groups is 1. The quantitative estimate of drug-likeness (QED) is 0.786. The van der Waals surface area contributed by atoms with Crippen molar-refractivity contribution in [2.75, 3.05) is 13.2 Å². The van der Waals surface area contributed by atoms with Crippen molar-refractivity contribution in [2.45, 2.75) is 24.4 Å². The Hall–Kier alpha value is -2.52. The lowest BCUT2D eigenvalue weighted by Gasteiger charge is -2.45. The molecular weight excluding hydrogens is 415 g/mol. The van der Waals surface area contributed by atoms with E-state index in [4.69, 9.17) is 10.5 Å². The van der Waals surface area contributed by atoms with Crippen LogP contribution in [0.25, 0.3) is 0 Å². The van der Waals surface area contributed by atoms with Gasteiger partial charge >= 0.3 is 6.18 Å². The van der Waals surface area contributed by atoms with Gasteiger partial charge in [-0.2, -0.15) is 18.3 Å². The first-order chi connectivity index (χ1) is 14.3. The number of nitrogens with two attached hydrogens (primary N) is 1. The zero-order chi connectivity index (χ0) is 21.5. The summed E-state index contributed by atoms with van der Waals surface area (Å²) in [6.07, 6.45) is -3.90. The molecule has 2 atom stereocenters. The molecule has 1 spiro atoms. The minimum Gasteiger partial charge on any atom is -0.493 e. The van der Waals surface area contributed by atoms with E-state index in [1.807, 2.05) is 24.3 Å². The number of nitrogens with zero attached hydrogens (tertiary/aromatic N) is 2. The van der Waals surface area contributed by atoms with Crippen LogP contribution in [0.15, 0.2) is 53.6 Å². The number of carbonyl (C=O) groups is 1. The van der Waals surface area contributed by atoms with Crippen LogP contribution in [0.2, 0.25) is 0 Å². The second kappa shape index (κ2) is 7.63. The fourth-order valence-corrected chi connectivity index (χ4v) is 5.49. The Labute approximate surface area is 176 Å². The number of hydrogen-bond acceptors (Lipinski definition) is 5. The number of fused-ring (bicyclic) bond motifs is 2. The van der Waals surface area contributed by atoms with E-state index < -0.39 is 16.6 Å². The number of amides is 1. The molecule has 2 aliphatic heterocycles. The van der Waals surface area contributed by atoms with Gasteiger partial charge in [0, 0.05) is 24.0 Å². The van der Waals surface area contributed by atoms with Gasteiger partial charge in [-0.15, -0.1) is 0 Å². The van der Waals surface area contributed by atoms with Crippen molar-refractivity contribution in [2.24, 2.45) is 16.8 Å². The van der Waals surface area contributed by atoms with E-state index in [2.05, 4.69) is 5.10 Å². The van der Waals surface area contributed by atoms with Gasteiger partial charge in [-0.25, -0.2) is 5.01 Å². The predicted molar refractivity (Wildman–Crippen MR) is 109 cm³/mol. The molecule has 158 valence electrons. The Kier molecular flexibility index (Phi) is 5.27. The molecule has 0 saturated heterocycles. The first kappa shape index (κ1) is 20.7. The van der Waals surface area contributed by atoms with E-state index in [9.17, 15) is 18.0 Å². The average Bonchev–Trinajstić information content (AvgIpc) is 3.12. The van der Waals surface area contributed by atoms with Crippen molar-refractivity contribution in [3.05, 3.63) is 65.2 Å². The molecule has 0 aliphatic carbocycles. The van der Waals surface area contributed by atoms with Crippen LogP contribution in [-0.2, 0) is 15.8 Å². The number of halogens is 3. The second-order valence-electron chi connectivity index (χ2n) is 7.19. The van der Waals surface area contributed by atoms with Gasteiger partial charge in [0.2, 0.25) is 5.91 Å². The lowest BCUT2D eigenvalue weighted by atomic mass is 9.86. The molecule has 5 nitrogen and oxygen atoms in total. The number of alkyl halides is 3. The largest absolute Gasteiger partial charge is 0.493 e. The van der Waals surface area contributed by atoms with Crippen molar-refractivity contribution < 1.29 is 22.7 Å². The van der Waals surface area contributed by atoms with E-state index in [1.165, 1.54) is 29.8 Å². The van der Waals surface area contributed by atoms with Gasteiger partial charge in [0.15, 0.2) is 4.87 Å². The molecule has 0 unspecified atom stereocenters. The van der Waals surface area contributed by atoms with Gasteiger partial charge in [0.05, 0.1) is 12.2 Å². The highest BCUT2D eigenvalue weighted by molar-refractivity contribution is 8.15. The zero-order valence-corrected chi connectivity index (χ0v) is 17.0. The Morgan fingerprint density at radius 3 is 2.77 bits per heavy atom. The van der Waals surface area contributed by atoms with E-state index in [0.29, 0.717) is 35.9 Å². The SMILES string of the molecule is CC(=O)N1N=C(c2cccc(C(F)(F)F)c2)S[C@]12c1ccccc1OC[C@@H]2CCN. The molecule has 4 rings (SSSR count). The third kappa shape index (κ3) is 3.35. The van der Waals surface area contributed by atoms with Crippen molar-refractivity contribution in [3.8, 4) is 5.75 Å². The van der Waals surface area contributed by atoms with Crippen LogP contribution >= 0.6 is 11.8 Å². The monoisotopic (exact) mass is 435 g/mol. The van der Waals surface area contributed by atoms with Crippen LogP contribution in [0.5, 0.6) is 5.75 Å². The van der Waals surface area contributed by atoms with Crippen LogP contribution in [0, 0.1) is 5.92 Å². The summed E-state index contributed by atoms with van der Waals surface area (Å²) >= 11 is 1.29. The smallest absolute Gasteiger partial charge is 0.416 e. The molecular formula is C21H20F3N3O2S. The molecule has 9 heteroatoms. The zero-order valence-electron chi connectivity index (χ0n) is 16.1. The van der Waals surface area contributed by atoms with Gasteiger partial charge in [-0.1, -0.05) is 42.1 Å². The third-order valence-corrected chi connectivity index (χ3v) is 6.82. The number of ether oxygens (including phenoxy) is 1. The highest BCUT2D eigenvalue weighted by Gasteiger charge is 2.56. The molecule has 2 aromatic carbocycles. The molecule has 0 saturated carbocycles. The molecule has 2 aliphatic rings. The molecule has 1 amide bonds. The maximum absolute atomic E-state index is 13.2. The van der Waals surface area contributed by atoms with Crippen LogP contribution < -0.4 is 10.5 Å². The topological polar surface area (TPSA) is 67.9 Å². The number of carbonyl (C=O) groups excluding carboxylic acids is 1. The van der Waals surface area contributed by atoms with E-state index in [0.717, 1.165) is 17.7 Å². The highest BCUT2D eigenvalue weighted by atomic mass is 32.2. The lowest BCUT2D eigenvalue weighted by molar-refractivity contribution is -0.137. The van der Waals surface area contributed by atoms with Gasteiger partial charge < -0.3 is 10.5 Å². The average molecular weight is 435 g/mol. The van der Waals surface area contributed by atoms with Crippen molar-refractivity contribution >= 4 is 22.7 Å². The number of benzene rings is 2. The molecule has 0 bridgehead atoms. The lowest BCUT2D eigenvalue weighted by Crippen LogP contribution is -2.51. The summed E-state index contributed by atoms with van der Waals surface area (Å²) in [7, 11) is 0. The highest BCUT2D eigenvalue weighted by Crippen LogP contribution is 2.57. The minimum atomic E-state index is -4.47. The van der Waals surface area contributed by atoms with Crippen LogP contribution in [0.4, 0.5) is 13.2 Å². The van der Waals surface area contributed by atoms with Crippen LogP contribution in [-0.4, -0.2) is 29.1 Å². The molecule has 0 fully saturated rings. The summed E-state index contributed by atoms with van der Waals surface area (Å²) < 4.78 is 45.6. The predicted octanol–water partition coefficient (Wildman–Crippen LogP) is 4.17. The maximum atomic E-state index is 13.2. The summed E-state index contributed by atoms with van der Waals surface area (Å²) in [5.41, 5.74) is 6.15. The fraction of sp³-hybridized carbons (Fsp3) is 0.333. The van der Waals surface area contributed by atoms with Gasteiger partial charge in [-0.05, 0) is 31.2 Å². The number of para-hydroxylation sites is 1. The van der Waals surface area contributed by atoms with E-state index in [1.54, 1.807) is 6.07 Å². The van der Waals surface area contributed by atoms with Gasteiger partial charge in [0.25, 0.3) is 0 Å². The van der Waals surface area contributed by atoms with Gasteiger partial charge in [0.1, 0.15) is 10.8 Å². The van der Waals surface area contributed by atoms with Gasteiger partial charge in [-0.3, -0.25) is 4.79 Å². The molecule has 2 heterocycles. The summed E-state index contributed by atoms with van der Waals surface area (Å²) in [4.78, 5) is 11.7. The Morgan fingerprint density at radius 1 is 1.30 bits per heavy atom. The Balaban J connectivity index is 1.85. The standard InChI is InChI=1S/C21H20F3N3O2S/c1-13(28)27-20(16(9-10-25)12-29-18-8-3-2-7-17(18)20)30-19(26-27)14-5-4-6-15(11-14)21(22,23)24/h2-8,11,16H,9-10,12,25H2,1H3/t16-,20+/m0/s1. The normalized spacial score (nSPS) is 23.2. The van der Waals surface area contributed by atoms with Crippen LogP contribution in [0.1, 0.15) is 30.0 Å². The number of hydrazone groups is 1. The molecule has 2 N–H and O–H groups in total. The molecule has 0 radical (unpaired) electrons. The maximum Gasteiger partial charge on any atom is 0.416 e. The molecule has 0 aromatic heterocycles. The van der Waals surface area contributed by atoms with E-state index >= 15 is 0 Å². The van der Waals surface area contributed by atoms with Crippen molar-refractivity contribution in [1.82, 2.24) is 5.01 Å². The number of hydrogen-bond donors (Lipinski definition) is 1. The van der Waals surface area contributed by atoms with Crippen molar-refractivity contribution in [1.29, 1.82) is 0 Å². The Bertz CT molecular complexity index is 1010. The van der Waals surface area contributed by atoms with Crippen molar-refractivity contribution in [3.63, 3.8) is 0 Å². The molecule has 2 aromatic rings.